The summed E-state index contributed by atoms with van der Waals surface area (Å²) >= 11 is 0. The van der Waals surface area contributed by atoms with Gasteiger partial charge >= 0.3 is 5.69 Å². The number of aromatic nitrogens is 2. The van der Waals surface area contributed by atoms with Crippen molar-refractivity contribution < 1.29 is 19.7 Å². The average molecular weight is 296 g/mol. The molecule has 8 heteroatoms. The van der Waals surface area contributed by atoms with Crippen LogP contribution in [0.1, 0.15) is 18.2 Å². The number of hydrogen-bond donors (Lipinski definition) is 3. The van der Waals surface area contributed by atoms with E-state index in [2.05, 4.69) is 4.98 Å². The van der Waals surface area contributed by atoms with Crippen molar-refractivity contribution in [1.29, 1.82) is 0 Å². The molecule has 0 saturated carbocycles. The van der Waals surface area contributed by atoms with Gasteiger partial charge in [0.15, 0.2) is 0 Å². The van der Waals surface area contributed by atoms with Crippen LogP contribution in [0, 0.1) is 6.92 Å². The molecule has 1 aliphatic rings. The zero-order valence-electron chi connectivity index (χ0n) is 11.4. The number of aromatic amines is 1. The van der Waals surface area contributed by atoms with Gasteiger partial charge in [-0.3, -0.25) is 19.1 Å². The van der Waals surface area contributed by atoms with Gasteiger partial charge in [0, 0.05) is 18.2 Å². The fourth-order valence-corrected chi connectivity index (χ4v) is 2.31. The molecule has 114 valence electrons. The van der Waals surface area contributed by atoms with E-state index >= 15 is 0 Å². The number of carbonyl (C=O) groups excluding carboxylic acids is 1. The van der Waals surface area contributed by atoms with Gasteiger partial charge in [0.05, 0.1) is 6.61 Å². The van der Waals surface area contributed by atoms with Crippen LogP contribution in [0.4, 0.5) is 0 Å². The zero-order chi connectivity index (χ0) is 15.6. The summed E-state index contributed by atoms with van der Waals surface area (Å²) in [5.74, 6) is 0. The maximum atomic E-state index is 11.8. The van der Waals surface area contributed by atoms with Crippen LogP contribution in [-0.4, -0.2) is 44.4 Å². The largest absolute Gasteiger partial charge is 0.394 e. The Labute approximate surface area is 119 Å². The Balaban J connectivity index is 2.38. The number of H-pyrrole nitrogens is 1. The van der Waals surface area contributed by atoms with E-state index in [1.807, 2.05) is 0 Å². The quantitative estimate of drug-likeness (QED) is 0.464. The van der Waals surface area contributed by atoms with Crippen LogP contribution < -0.4 is 11.2 Å². The molecule has 2 rings (SSSR count). The maximum Gasteiger partial charge on any atom is 0.330 e. The summed E-state index contributed by atoms with van der Waals surface area (Å²) < 4.78 is 6.60. The fraction of sp³-hybridized carbons (Fsp3) is 0.462. The zero-order valence-corrected chi connectivity index (χ0v) is 11.4. The molecule has 0 spiro atoms. The van der Waals surface area contributed by atoms with E-state index in [0.717, 1.165) is 10.6 Å². The van der Waals surface area contributed by atoms with Gasteiger partial charge in [-0.2, -0.15) is 0 Å². The lowest BCUT2D eigenvalue weighted by atomic mass is 9.94. The Bertz CT molecular complexity index is 676. The number of aliphatic hydroxyl groups is 2. The van der Waals surface area contributed by atoms with Gasteiger partial charge in [-0.15, -0.1) is 0 Å². The first kappa shape index (κ1) is 15.4. The summed E-state index contributed by atoms with van der Waals surface area (Å²) in [6.07, 6.45) is 2.29. The lowest BCUT2D eigenvalue weighted by molar-refractivity contribution is -0.104. The SMILES string of the molecule is Cc1cn([C@H]2C[C@@](O)(/C=C/C=O)[C@@H](CO)O2)c(=O)[nH]c1=O. The first-order chi connectivity index (χ1) is 9.91. The Morgan fingerprint density at radius 3 is 2.90 bits per heavy atom. The van der Waals surface area contributed by atoms with E-state index in [0.29, 0.717) is 11.8 Å². The molecule has 1 aromatic rings. The second kappa shape index (κ2) is 5.76. The fourth-order valence-electron chi connectivity index (χ4n) is 2.31. The first-order valence-corrected chi connectivity index (χ1v) is 6.35. The number of carbonyl (C=O) groups is 1. The molecule has 1 saturated heterocycles. The predicted octanol–water partition coefficient (Wildman–Crippen LogP) is -1.39. The second-order valence-corrected chi connectivity index (χ2v) is 4.93. The molecule has 0 aromatic carbocycles. The van der Waals surface area contributed by atoms with E-state index in [9.17, 15) is 24.6 Å². The van der Waals surface area contributed by atoms with E-state index in [1.165, 1.54) is 19.2 Å². The Morgan fingerprint density at radius 1 is 1.57 bits per heavy atom. The van der Waals surface area contributed by atoms with Crippen LogP contribution in [0.15, 0.2) is 27.9 Å². The van der Waals surface area contributed by atoms with Crippen LogP contribution in [0.2, 0.25) is 0 Å². The number of allylic oxidation sites excluding steroid dienone is 1. The molecule has 0 amide bonds. The van der Waals surface area contributed by atoms with Crippen LogP contribution in [0.3, 0.4) is 0 Å². The molecule has 1 aromatic heterocycles. The Morgan fingerprint density at radius 2 is 2.29 bits per heavy atom. The van der Waals surface area contributed by atoms with E-state index in [1.54, 1.807) is 0 Å². The topological polar surface area (TPSA) is 122 Å². The van der Waals surface area contributed by atoms with E-state index in [-0.39, 0.29) is 6.42 Å². The molecular weight excluding hydrogens is 280 g/mol. The molecule has 0 unspecified atom stereocenters. The number of aldehydes is 1. The highest BCUT2D eigenvalue weighted by atomic mass is 16.5. The number of rotatable bonds is 4. The number of ether oxygens (including phenoxy) is 1. The number of aryl methyl sites for hydroxylation is 1. The van der Waals surface area contributed by atoms with Crippen molar-refractivity contribution in [2.75, 3.05) is 6.61 Å². The normalized spacial score (nSPS) is 29.1. The summed E-state index contributed by atoms with van der Waals surface area (Å²) in [6.45, 7) is 1.05. The van der Waals surface area contributed by atoms with Crippen LogP contribution in [-0.2, 0) is 9.53 Å². The van der Waals surface area contributed by atoms with E-state index in [4.69, 9.17) is 4.74 Å². The standard InChI is InChI=1S/C13H16N2O6/c1-8-6-15(12(19)14-11(8)18)10-5-13(20,3-2-4-16)9(7-17)21-10/h2-4,6,9-10,17,20H,5,7H2,1H3,(H,14,18,19)/b3-2+/t9-,10-,13+/m1/s1. The molecule has 8 nitrogen and oxygen atoms in total. The minimum absolute atomic E-state index is 0.0338. The highest BCUT2D eigenvalue weighted by molar-refractivity contribution is 5.65. The molecule has 3 N–H and O–H groups in total. The first-order valence-electron chi connectivity index (χ1n) is 6.35. The summed E-state index contributed by atoms with van der Waals surface area (Å²) in [6, 6.07) is 0. The Hall–Kier alpha value is -2.03. The molecule has 0 bridgehead atoms. The number of aliphatic hydroxyl groups excluding tert-OH is 1. The molecule has 1 aliphatic heterocycles. The number of hydrogen-bond acceptors (Lipinski definition) is 6. The Kier molecular flexibility index (Phi) is 4.21. The molecule has 1 fully saturated rings. The van der Waals surface area contributed by atoms with Crippen LogP contribution in [0.25, 0.3) is 0 Å². The molecular formula is C13H16N2O6. The van der Waals surface area contributed by atoms with Gasteiger partial charge in [0.1, 0.15) is 24.2 Å². The second-order valence-electron chi connectivity index (χ2n) is 4.93. The van der Waals surface area contributed by atoms with Gasteiger partial charge < -0.3 is 14.9 Å². The minimum Gasteiger partial charge on any atom is -0.394 e. The average Bonchev–Trinajstić information content (AvgIpc) is 2.78. The number of nitrogens with zero attached hydrogens (tertiary/aromatic N) is 1. The monoisotopic (exact) mass is 296 g/mol. The van der Waals surface area contributed by atoms with Crippen molar-refractivity contribution in [2.45, 2.75) is 31.3 Å². The summed E-state index contributed by atoms with van der Waals surface area (Å²) in [4.78, 5) is 35.7. The van der Waals surface area contributed by atoms with Crippen molar-refractivity contribution in [3.8, 4) is 0 Å². The van der Waals surface area contributed by atoms with Crippen LogP contribution in [0.5, 0.6) is 0 Å². The predicted molar refractivity (Wildman–Crippen MR) is 71.8 cm³/mol. The van der Waals surface area contributed by atoms with E-state index < -0.39 is 35.8 Å². The lowest BCUT2D eigenvalue weighted by Gasteiger charge is -2.22. The molecule has 2 heterocycles. The van der Waals surface area contributed by atoms with Gasteiger partial charge in [-0.25, -0.2) is 4.79 Å². The molecule has 0 radical (unpaired) electrons. The molecule has 3 atom stereocenters. The van der Waals surface area contributed by atoms with Gasteiger partial charge in [0.25, 0.3) is 5.56 Å². The van der Waals surface area contributed by atoms with Crippen LogP contribution >= 0.6 is 0 Å². The van der Waals surface area contributed by atoms with Crippen molar-refractivity contribution in [3.63, 3.8) is 0 Å². The highest BCUT2D eigenvalue weighted by Crippen LogP contribution is 2.36. The molecule has 21 heavy (non-hydrogen) atoms. The summed E-state index contributed by atoms with van der Waals surface area (Å²) in [5.41, 5.74) is -2.42. The third-order valence-electron chi connectivity index (χ3n) is 3.47. The van der Waals surface area contributed by atoms with Crippen molar-refractivity contribution in [1.82, 2.24) is 9.55 Å². The third-order valence-corrected chi connectivity index (χ3v) is 3.47. The summed E-state index contributed by atoms with van der Waals surface area (Å²) in [5, 5.41) is 19.7. The van der Waals surface area contributed by atoms with Crippen molar-refractivity contribution >= 4 is 6.29 Å². The number of nitrogens with one attached hydrogen (secondary N) is 1. The van der Waals surface area contributed by atoms with Crippen molar-refractivity contribution in [3.05, 3.63) is 44.8 Å². The summed E-state index contributed by atoms with van der Waals surface area (Å²) in [7, 11) is 0. The molecule has 0 aliphatic carbocycles. The van der Waals surface area contributed by atoms with Gasteiger partial charge in [-0.05, 0) is 19.1 Å². The van der Waals surface area contributed by atoms with Gasteiger partial charge in [-0.1, -0.05) is 0 Å². The lowest BCUT2D eigenvalue weighted by Crippen LogP contribution is -2.38. The van der Waals surface area contributed by atoms with Gasteiger partial charge in [0.2, 0.25) is 0 Å². The maximum absolute atomic E-state index is 11.8. The third kappa shape index (κ3) is 2.87. The minimum atomic E-state index is -1.57. The smallest absolute Gasteiger partial charge is 0.330 e. The highest BCUT2D eigenvalue weighted by Gasteiger charge is 2.46. The van der Waals surface area contributed by atoms with Crippen molar-refractivity contribution in [2.24, 2.45) is 0 Å².